The van der Waals surface area contributed by atoms with Crippen molar-refractivity contribution < 1.29 is 4.92 Å². The molecule has 8 heavy (non-hydrogen) atoms. The molecule has 44 valence electrons. The van der Waals surface area contributed by atoms with Crippen LogP contribution in [0.15, 0.2) is 24.9 Å². The van der Waals surface area contributed by atoms with Crippen molar-refractivity contribution in [2.24, 2.45) is 0 Å². The average molecular weight is 113 g/mol. The standard InChI is InChI=1S/C5H7NO2/c1-2-3-4-5-6(7)8/h2,4-5H,1,3H2. The molecule has 0 atom stereocenters. The molecular weight excluding hydrogens is 106 g/mol. The molecule has 0 bridgehead atoms. The van der Waals surface area contributed by atoms with Crippen molar-refractivity contribution in [1.82, 2.24) is 0 Å². The van der Waals surface area contributed by atoms with E-state index in [1.807, 2.05) is 0 Å². The summed E-state index contributed by atoms with van der Waals surface area (Å²) >= 11 is 0. The van der Waals surface area contributed by atoms with Crippen molar-refractivity contribution in [3.63, 3.8) is 0 Å². The lowest BCUT2D eigenvalue weighted by Gasteiger charge is -1.74. The highest BCUT2D eigenvalue weighted by Gasteiger charge is 1.78. The van der Waals surface area contributed by atoms with Crippen molar-refractivity contribution in [1.29, 1.82) is 0 Å². The highest BCUT2D eigenvalue weighted by Crippen LogP contribution is 1.81. The molecule has 0 aliphatic rings. The summed E-state index contributed by atoms with van der Waals surface area (Å²) in [7, 11) is 0. The molecule has 0 rings (SSSR count). The molecule has 0 aliphatic heterocycles. The second-order valence-electron chi connectivity index (χ2n) is 1.19. The Balaban J connectivity index is 3.34. The van der Waals surface area contributed by atoms with Gasteiger partial charge in [0.2, 0.25) is 6.20 Å². The van der Waals surface area contributed by atoms with Crippen LogP contribution in [0, 0.1) is 10.1 Å². The maximum atomic E-state index is 9.56. The van der Waals surface area contributed by atoms with Crippen LogP contribution in [-0.2, 0) is 0 Å². The van der Waals surface area contributed by atoms with Crippen LogP contribution in [0.2, 0.25) is 0 Å². The summed E-state index contributed by atoms with van der Waals surface area (Å²) in [5.74, 6) is 0. The molecule has 0 saturated heterocycles. The summed E-state index contributed by atoms with van der Waals surface area (Å²) < 4.78 is 0. The predicted molar refractivity (Wildman–Crippen MR) is 30.9 cm³/mol. The van der Waals surface area contributed by atoms with Gasteiger partial charge in [0, 0.05) is 0 Å². The molecular formula is C5H7NO2. The lowest BCUT2D eigenvalue weighted by molar-refractivity contribution is -0.402. The van der Waals surface area contributed by atoms with Gasteiger partial charge in [-0.05, 0) is 12.5 Å². The summed E-state index contributed by atoms with van der Waals surface area (Å²) in [4.78, 5) is 9.06. The van der Waals surface area contributed by atoms with Crippen LogP contribution in [0.3, 0.4) is 0 Å². The highest BCUT2D eigenvalue weighted by atomic mass is 16.6. The van der Waals surface area contributed by atoms with E-state index in [-0.39, 0.29) is 0 Å². The summed E-state index contributed by atoms with van der Waals surface area (Å²) in [6.45, 7) is 3.38. The van der Waals surface area contributed by atoms with Crippen LogP contribution in [-0.4, -0.2) is 4.92 Å². The second kappa shape index (κ2) is 4.05. The van der Waals surface area contributed by atoms with Gasteiger partial charge in [0.1, 0.15) is 0 Å². The van der Waals surface area contributed by atoms with Gasteiger partial charge in [-0.3, -0.25) is 10.1 Å². The Bertz CT molecular complexity index is 118. The van der Waals surface area contributed by atoms with Gasteiger partial charge in [-0.1, -0.05) is 6.08 Å². The Morgan fingerprint density at radius 2 is 2.38 bits per heavy atom. The van der Waals surface area contributed by atoms with Gasteiger partial charge < -0.3 is 0 Å². The molecule has 0 N–H and O–H groups in total. The van der Waals surface area contributed by atoms with Crippen molar-refractivity contribution in [2.75, 3.05) is 0 Å². The number of nitrogens with zero attached hydrogens (tertiary/aromatic N) is 1. The molecule has 0 heterocycles. The quantitative estimate of drug-likeness (QED) is 0.315. The van der Waals surface area contributed by atoms with Crippen LogP contribution in [0.1, 0.15) is 6.42 Å². The zero-order chi connectivity index (χ0) is 6.41. The highest BCUT2D eigenvalue weighted by molar-refractivity contribution is 4.82. The molecule has 0 amide bonds. The lowest BCUT2D eigenvalue weighted by atomic mass is 10.4. The van der Waals surface area contributed by atoms with Gasteiger partial charge >= 0.3 is 0 Å². The third-order valence-corrected chi connectivity index (χ3v) is 0.530. The average Bonchev–Trinajstić information content (AvgIpc) is 1.66. The fourth-order valence-electron chi connectivity index (χ4n) is 0.243. The lowest BCUT2D eigenvalue weighted by Crippen LogP contribution is -1.80. The largest absolute Gasteiger partial charge is 0.259 e. The van der Waals surface area contributed by atoms with E-state index >= 15 is 0 Å². The molecule has 0 radical (unpaired) electrons. The third-order valence-electron chi connectivity index (χ3n) is 0.530. The topological polar surface area (TPSA) is 43.1 Å². The maximum Gasteiger partial charge on any atom is 0.230 e. The van der Waals surface area contributed by atoms with E-state index in [2.05, 4.69) is 6.58 Å². The Morgan fingerprint density at radius 1 is 1.75 bits per heavy atom. The van der Waals surface area contributed by atoms with E-state index in [0.29, 0.717) is 6.42 Å². The van der Waals surface area contributed by atoms with Crippen molar-refractivity contribution >= 4 is 0 Å². The number of allylic oxidation sites excluding steroid dienone is 2. The monoisotopic (exact) mass is 113 g/mol. The zero-order valence-corrected chi connectivity index (χ0v) is 4.41. The second-order valence-corrected chi connectivity index (χ2v) is 1.19. The summed E-state index contributed by atoms with van der Waals surface area (Å²) in [5.41, 5.74) is 0. The fourth-order valence-corrected chi connectivity index (χ4v) is 0.243. The van der Waals surface area contributed by atoms with Crippen LogP contribution in [0.5, 0.6) is 0 Å². The summed E-state index contributed by atoms with van der Waals surface area (Å²) in [5, 5.41) is 9.56. The van der Waals surface area contributed by atoms with E-state index in [1.54, 1.807) is 6.08 Å². The van der Waals surface area contributed by atoms with E-state index in [0.717, 1.165) is 6.20 Å². The fraction of sp³-hybridized carbons (Fsp3) is 0.200. The van der Waals surface area contributed by atoms with Crippen molar-refractivity contribution in [2.45, 2.75) is 6.42 Å². The Hall–Kier alpha value is -1.12. The molecule has 3 heteroatoms. The number of hydrogen-bond donors (Lipinski definition) is 0. The zero-order valence-electron chi connectivity index (χ0n) is 4.41. The minimum absolute atomic E-state index is 0.497. The van der Waals surface area contributed by atoms with Gasteiger partial charge in [0.15, 0.2) is 0 Å². The molecule has 0 aliphatic carbocycles. The smallest absolute Gasteiger partial charge is 0.230 e. The van der Waals surface area contributed by atoms with Crippen molar-refractivity contribution in [3.8, 4) is 0 Å². The van der Waals surface area contributed by atoms with Gasteiger partial charge in [-0.2, -0.15) is 0 Å². The molecule has 0 fully saturated rings. The minimum atomic E-state index is -0.497. The number of nitro groups is 1. The van der Waals surface area contributed by atoms with Crippen LogP contribution >= 0.6 is 0 Å². The normalized spacial score (nSPS) is 9.50. The Morgan fingerprint density at radius 3 is 2.75 bits per heavy atom. The van der Waals surface area contributed by atoms with E-state index < -0.39 is 4.92 Å². The molecule has 3 nitrogen and oxygen atoms in total. The first-order valence-corrected chi connectivity index (χ1v) is 2.18. The van der Waals surface area contributed by atoms with Gasteiger partial charge in [-0.15, -0.1) is 6.58 Å². The summed E-state index contributed by atoms with van der Waals surface area (Å²) in [6.07, 6.45) is 4.50. The van der Waals surface area contributed by atoms with E-state index in [1.165, 1.54) is 6.08 Å². The number of rotatable bonds is 3. The molecule has 0 aromatic carbocycles. The van der Waals surface area contributed by atoms with Gasteiger partial charge in [0.05, 0.1) is 4.92 Å². The van der Waals surface area contributed by atoms with Crippen LogP contribution in [0.25, 0.3) is 0 Å². The third kappa shape index (κ3) is 4.88. The molecule has 0 aromatic rings. The molecule has 0 unspecified atom stereocenters. The maximum absolute atomic E-state index is 9.56. The first kappa shape index (κ1) is 6.88. The van der Waals surface area contributed by atoms with Gasteiger partial charge in [-0.25, -0.2) is 0 Å². The Kier molecular flexibility index (Phi) is 3.48. The first-order chi connectivity index (χ1) is 3.77. The molecule has 0 aromatic heterocycles. The molecule has 0 saturated carbocycles. The van der Waals surface area contributed by atoms with Crippen LogP contribution < -0.4 is 0 Å². The van der Waals surface area contributed by atoms with Crippen LogP contribution in [0.4, 0.5) is 0 Å². The SMILES string of the molecule is C=CCC=C[N+](=O)[O-]. The first-order valence-electron chi connectivity index (χ1n) is 2.18. The minimum Gasteiger partial charge on any atom is -0.259 e. The van der Waals surface area contributed by atoms with E-state index in [9.17, 15) is 10.1 Å². The van der Waals surface area contributed by atoms with Gasteiger partial charge in [0.25, 0.3) is 0 Å². The predicted octanol–water partition coefficient (Wildman–Crippen LogP) is 1.35. The van der Waals surface area contributed by atoms with Crippen molar-refractivity contribution in [3.05, 3.63) is 35.0 Å². The summed E-state index contributed by atoms with van der Waals surface area (Å²) in [6, 6.07) is 0. The molecule has 0 spiro atoms. The van der Waals surface area contributed by atoms with E-state index in [4.69, 9.17) is 0 Å². The Labute approximate surface area is 47.5 Å². The number of hydrogen-bond acceptors (Lipinski definition) is 2.